The van der Waals surface area contributed by atoms with E-state index >= 15 is 0 Å². The number of aliphatic hydroxyl groups is 1. The normalized spacial score (nSPS) is 36.3. The van der Waals surface area contributed by atoms with Gasteiger partial charge in [-0.3, -0.25) is 4.79 Å². The third-order valence-corrected chi connectivity index (χ3v) is 9.15. The molecule has 5 atom stereocenters. The molecule has 0 aromatic heterocycles. The highest BCUT2D eigenvalue weighted by Gasteiger charge is 2.63. The highest BCUT2D eigenvalue weighted by atomic mass is 16.6. The predicted molar refractivity (Wildman–Crippen MR) is 138 cm³/mol. The van der Waals surface area contributed by atoms with Gasteiger partial charge < -0.3 is 9.84 Å². The smallest absolute Gasteiger partial charge is 0.175 e. The van der Waals surface area contributed by atoms with Gasteiger partial charge >= 0.3 is 0 Å². The minimum absolute atomic E-state index is 0.0101. The second kappa shape index (κ2) is 9.19. The molecule has 35 heavy (non-hydrogen) atoms. The lowest BCUT2D eigenvalue weighted by Crippen LogP contribution is -2.59. The van der Waals surface area contributed by atoms with Crippen molar-refractivity contribution >= 4 is 11.9 Å². The second-order valence-electron chi connectivity index (χ2n) is 11.1. The van der Waals surface area contributed by atoms with E-state index in [-0.39, 0.29) is 17.6 Å². The summed E-state index contributed by atoms with van der Waals surface area (Å²) in [5.41, 5.74) is 3.75. The van der Waals surface area contributed by atoms with Gasteiger partial charge in [0.05, 0.1) is 11.5 Å². The number of rotatable bonds is 3. The fraction of sp³-hybridized carbons (Fsp3) is 0.469. The van der Waals surface area contributed by atoms with Gasteiger partial charge in [0.15, 0.2) is 11.6 Å². The molecular formula is C32H36O3. The van der Waals surface area contributed by atoms with Gasteiger partial charge in [-0.2, -0.15) is 0 Å². The molecule has 1 heterocycles. The van der Waals surface area contributed by atoms with Crippen molar-refractivity contribution in [2.75, 3.05) is 0 Å². The van der Waals surface area contributed by atoms with Gasteiger partial charge in [-0.05, 0) is 80.6 Å². The number of carbonyl (C=O) groups excluding carboxylic acids is 1. The number of Topliss-reactive ketones (excluding diaryl/α,β-unsaturated/α-hetero) is 1. The molecule has 6 rings (SSSR count). The molecule has 4 aliphatic rings. The maximum atomic E-state index is 14.2. The third kappa shape index (κ3) is 3.93. The van der Waals surface area contributed by atoms with Crippen LogP contribution in [0.25, 0.3) is 6.08 Å². The molecule has 182 valence electrons. The van der Waals surface area contributed by atoms with Gasteiger partial charge in [0, 0.05) is 11.8 Å². The van der Waals surface area contributed by atoms with Gasteiger partial charge in [-0.1, -0.05) is 78.7 Å². The maximum absolute atomic E-state index is 14.2. The highest BCUT2D eigenvalue weighted by molar-refractivity contribution is 6.06. The number of fused-ring (bicyclic) bond motifs is 1. The summed E-state index contributed by atoms with van der Waals surface area (Å²) in [4.78, 5) is 14.2. The van der Waals surface area contributed by atoms with E-state index in [0.29, 0.717) is 6.42 Å². The van der Waals surface area contributed by atoms with E-state index in [9.17, 15) is 9.90 Å². The number of hydrogen-bond acceptors (Lipinski definition) is 3. The number of benzene rings is 2. The number of ether oxygens (including phenoxy) is 1. The minimum Gasteiger partial charge on any atom is -0.365 e. The van der Waals surface area contributed by atoms with Crippen molar-refractivity contribution in [2.24, 2.45) is 17.3 Å². The molecule has 3 nitrogen and oxygen atoms in total. The standard InChI is InChI=1S/C32H36O3/c33-29-26(21-23-11-4-1-5-12-23)19-20-31(29)22-27-17-10-18-28(24-13-6-2-7-14-24)32(27,34)35-30(31)25-15-8-3-9-16-25/h1,3-5,8-9,11-13,15-16,21,27-28,30,34H,2,6-7,10,14,17-20,22H2/b26-21+/t27-,28+,30-,31-,32-/m0/s1. The van der Waals surface area contributed by atoms with Crippen LogP contribution in [-0.2, 0) is 9.53 Å². The van der Waals surface area contributed by atoms with E-state index in [2.05, 4.69) is 36.4 Å². The zero-order valence-electron chi connectivity index (χ0n) is 20.5. The largest absolute Gasteiger partial charge is 0.365 e. The molecule has 2 aromatic rings. The molecule has 1 aliphatic heterocycles. The Morgan fingerprint density at radius 1 is 0.914 bits per heavy atom. The summed E-state index contributed by atoms with van der Waals surface area (Å²) in [5, 5.41) is 12.3. The average Bonchev–Trinajstić information content (AvgIpc) is 3.20. The van der Waals surface area contributed by atoms with E-state index in [1.807, 2.05) is 36.4 Å². The lowest BCUT2D eigenvalue weighted by atomic mass is 9.60. The minimum atomic E-state index is -1.20. The number of carbonyl (C=O) groups is 1. The fourth-order valence-corrected chi connectivity index (χ4v) is 7.42. The van der Waals surface area contributed by atoms with Crippen molar-refractivity contribution in [3.8, 4) is 0 Å². The molecule has 0 radical (unpaired) electrons. The van der Waals surface area contributed by atoms with Crippen molar-refractivity contribution in [3.63, 3.8) is 0 Å². The molecule has 0 bridgehead atoms. The molecule has 3 heteroatoms. The van der Waals surface area contributed by atoms with Crippen LogP contribution in [0.15, 0.2) is 77.9 Å². The summed E-state index contributed by atoms with van der Waals surface area (Å²) in [5.74, 6) is -0.944. The fourth-order valence-electron chi connectivity index (χ4n) is 7.42. The predicted octanol–water partition coefficient (Wildman–Crippen LogP) is 7.19. The van der Waals surface area contributed by atoms with Gasteiger partial charge in [0.2, 0.25) is 0 Å². The van der Waals surface area contributed by atoms with E-state index in [4.69, 9.17) is 4.74 Å². The third-order valence-electron chi connectivity index (χ3n) is 9.15. The van der Waals surface area contributed by atoms with Crippen molar-refractivity contribution in [1.29, 1.82) is 0 Å². The Morgan fingerprint density at radius 2 is 1.69 bits per heavy atom. The van der Waals surface area contributed by atoms with Crippen LogP contribution in [0.5, 0.6) is 0 Å². The van der Waals surface area contributed by atoms with E-state index in [0.717, 1.165) is 61.6 Å². The molecule has 1 saturated heterocycles. The first-order valence-electron chi connectivity index (χ1n) is 13.5. The van der Waals surface area contributed by atoms with Crippen molar-refractivity contribution in [2.45, 2.75) is 76.1 Å². The van der Waals surface area contributed by atoms with Crippen LogP contribution in [0.1, 0.15) is 81.4 Å². The highest BCUT2D eigenvalue weighted by Crippen LogP contribution is 2.62. The monoisotopic (exact) mass is 468 g/mol. The zero-order chi connectivity index (χ0) is 23.9. The summed E-state index contributed by atoms with van der Waals surface area (Å²) in [6.45, 7) is 0. The Morgan fingerprint density at radius 3 is 2.43 bits per heavy atom. The van der Waals surface area contributed by atoms with Crippen molar-refractivity contribution in [3.05, 3.63) is 89.0 Å². The lowest BCUT2D eigenvalue weighted by Gasteiger charge is -2.56. The van der Waals surface area contributed by atoms with Gasteiger partial charge in [0.1, 0.15) is 0 Å². The molecular weight excluding hydrogens is 432 g/mol. The maximum Gasteiger partial charge on any atom is 0.175 e. The Kier molecular flexibility index (Phi) is 6.02. The summed E-state index contributed by atoms with van der Waals surface area (Å²) in [6.07, 6.45) is 13.8. The van der Waals surface area contributed by atoms with E-state index in [1.54, 1.807) is 0 Å². The molecule has 2 saturated carbocycles. The van der Waals surface area contributed by atoms with Crippen LogP contribution < -0.4 is 0 Å². The molecule has 1 spiro atoms. The summed E-state index contributed by atoms with van der Waals surface area (Å²) in [7, 11) is 0. The van der Waals surface area contributed by atoms with Gasteiger partial charge in [-0.25, -0.2) is 0 Å². The first-order chi connectivity index (χ1) is 17.1. The van der Waals surface area contributed by atoms with Crippen LogP contribution in [0.3, 0.4) is 0 Å². The van der Waals surface area contributed by atoms with Gasteiger partial charge in [0.25, 0.3) is 0 Å². The number of ketones is 1. The first-order valence-corrected chi connectivity index (χ1v) is 13.5. The Bertz CT molecular complexity index is 1130. The SMILES string of the molecule is O=C1/C(=C/c2ccccc2)CC[C@]12C[C@@H]1CCC[C@H](C3=CCCCC3)[C@@]1(O)O[C@H]2c1ccccc1. The van der Waals surface area contributed by atoms with Crippen molar-refractivity contribution < 1.29 is 14.6 Å². The van der Waals surface area contributed by atoms with E-state index in [1.165, 1.54) is 18.4 Å². The molecule has 0 unspecified atom stereocenters. The summed E-state index contributed by atoms with van der Waals surface area (Å²) < 4.78 is 6.90. The zero-order valence-corrected chi connectivity index (χ0v) is 20.5. The average molecular weight is 469 g/mol. The Balaban J connectivity index is 1.40. The first kappa shape index (κ1) is 22.9. The number of hydrogen-bond donors (Lipinski definition) is 1. The number of allylic oxidation sites excluding steroid dienone is 2. The molecule has 1 N–H and O–H groups in total. The molecule has 3 fully saturated rings. The Labute approximate surface area is 208 Å². The van der Waals surface area contributed by atoms with Crippen LogP contribution in [0, 0.1) is 17.3 Å². The molecule has 0 amide bonds. The van der Waals surface area contributed by atoms with Gasteiger partial charge in [-0.15, -0.1) is 0 Å². The topological polar surface area (TPSA) is 46.5 Å². The summed E-state index contributed by atoms with van der Waals surface area (Å²) >= 11 is 0. The Hall–Kier alpha value is -2.49. The van der Waals surface area contributed by atoms with Crippen molar-refractivity contribution in [1.82, 2.24) is 0 Å². The summed E-state index contributed by atoms with van der Waals surface area (Å²) in [6, 6.07) is 20.3. The van der Waals surface area contributed by atoms with Crippen LogP contribution in [0.4, 0.5) is 0 Å². The van der Waals surface area contributed by atoms with Crippen LogP contribution in [-0.4, -0.2) is 16.7 Å². The van der Waals surface area contributed by atoms with E-state index < -0.39 is 17.3 Å². The molecule has 3 aliphatic carbocycles. The second-order valence-corrected chi connectivity index (χ2v) is 11.1. The lowest BCUT2D eigenvalue weighted by molar-refractivity contribution is -0.340. The van der Waals surface area contributed by atoms with Crippen LogP contribution >= 0.6 is 0 Å². The van der Waals surface area contributed by atoms with Crippen LogP contribution in [0.2, 0.25) is 0 Å². The molecule has 2 aromatic carbocycles. The quantitative estimate of drug-likeness (QED) is 0.383.